The molecule has 0 saturated heterocycles. The van der Waals surface area contributed by atoms with Crippen LogP contribution in [0.1, 0.15) is 37.9 Å². The highest BCUT2D eigenvalue weighted by Crippen LogP contribution is 2.29. The van der Waals surface area contributed by atoms with E-state index < -0.39 is 0 Å². The van der Waals surface area contributed by atoms with Crippen LogP contribution in [0.2, 0.25) is 0 Å². The first-order valence-electron chi connectivity index (χ1n) is 9.75. The number of carbonyl (C=O) groups excluding carboxylic acids is 1. The second kappa shape index (κ2) is 8.55. The molecule has 0 fully saturated rings. The molecule has 4 rings (SSSR count). The Kier molecular flexibility index (Phi) is 5.87. The predicted octanol–water partition coefficient (Wildman–Crippen LogP) is 5.11. The Balaban J connectivity index is 1.38. The molecule has 0 aliphatic heterocycles. The molecule has 0 bridgehead atoms. The molecule has 2 heterocycles. The van der Waals surface area contributed by atoms with Crippen LogP contribution in [0.25, 0.3) is 15.2 Å². The van der Waals surface area contributed by atoms with Gasteiger partial charge >= 0.3 is 0 Å². The van der Waals surface area contributed by atoms with Gasteiger partial charge in [-0.15, -0.1) is 10.2 Å². The van der Waals surface area contributed by atoms with E-state index in [1.165, 1.54) is 22.0 Å². The maximum Gasteiger partial charge on any atom is 0.230 e. The summed E-state index contributed by atoms with van der Waals surface area (Å²) in [5, 5.41) is 12.3. The van der Waals surface area contributed by atoms with E-state index in [1.807, 2.05) is 23.5 Å². The summed E-state index contributed by atoms with van der Waals surface area (Å²) in [6.45, 7) is 6.45. The number of amides is 1. The summed E-state index contributed by atoms with van der Waals surface area (Å²) >= 11 is 3.02. The van der Waals surface area contributed by atoms with Gasteiger partial charge in [-0.1, -0.05) is 73.3 Å². The maximum atomic E-state index is 12.5. The minimum Gasteiger partial charge on any atom is -0.349 e. The molecule has 1 atom stereocenters. The third kappa shape index (κ3) is 4.46. The van der Waals surface area contributed by atoms with Crippen LogP contribution in [-0.2, 0) is 11.2 Å². The molecule has 7 heteroatoms. The number of thioether (sulfide) groups is 1. The molecule has 0 saturated carbocycles. The van der Waals surface area contributed by atoms with E-state index >= 15 is 0 Å². The molecule has 2 aromatic carbocycles. The van der Waals surface area contributed by atoms with E-state index in [2.05, 4.69) is 65.8 Å². The van der Waals surface area contributed by atoms with E-state index in [9.17, 15) is 4.79 Å². The third-order valence-electron chi connectivity index (χ3n) is 4.74. The van der Waals surface area contributed by atoms with Gasteiger partial charge < -0.3 is 5.32 Å². The van der Waals surface area contributed by atoms with Gasteiger partial charge in [0.1, 0.15) is 0 Å². The summed E-state index contributed by atoms with van der Waals surface area (Å²) in [5.41, 5.74) is 3.52. The van der Waals surface area contributed by atoms with E-state index in [1.54, 1.807) is 11.3 Å². The van der Waals surface area contributed by atoms with Gasteiger partial charge in [-0.05, 0) is 42.5 Å². The van der Waals surface area contributed by atoms with E-state index in [4.69, 9.17) is 0 Å². The number of benzene rings is 2. The van der Waals surface area contributed by atoms with E-state index in [-0.39, 0.29) is 11.9 Å². The lowest BCUT2D eigenvalue weighted by Gasteiger charge is -2.15. The minimum atomic E-state index is -0.0309. The van der Waals surface area contributed by atoms with Crippen molar-refractivity contribution in [3.05, 3.63) is 59.7 Å². The Morgan fingerprint density at radius 2 is 1.86 bits per heavy atom. The SMILES string of the molecule is CC(C)Cc1ccc(C(C)NC(=O)CSc2nnc3sc4ccccc4n23)cc1. The number of thiazole rings is 1. The summed E-state index contributed by atoms with van der Waals surface area (Å²) in [5.74, 6) is 0.935. The Morgan fingerprint density at radius 3 is 2.62 bits per heavy atom. The second-order valence-electron chi connectivity index (χ2n) is 7.59. The number of hydrogen-bond acceptors (Lipinski definition) is 5. The molecule has 1 amide bonds. The van der Waals surface area contributed by atoms with Crippen LogP contribution in [0.5, 0.6) is 0 Å². The van der Waals surface area contributed by atoms with Crippen molar-refractivity contribution >= 4 is 44.2 Å². The van der Waals surface area contributed by atoms with Gasteiger partial charge in [-0.25, -0.2) is 0 Å². The number of rotatable bonds is 7. The topological polar surface area (TPSA) is 59.3 Å². The van der Waals surface area contributed by atoms with Gasteiger partial charge in [0.05, 0.1) is 22.0 Å². The Morgan fingerprint density at radius 1 is 1.10 bits per heavy atom. The van der Waals surface area contributed by atoms with Crippen LogP contribution < -0.4 is 5.32 Å². The fourth-order valence-electron chi connectivity index (χ4n) is 3.36. The van der Waals surface area contributed by atoms with Crippen LogP contribution in [0.15, 0.2) is 53.7 Å². The highest BCUT2D eigenvalue weighted by atomic mass is 32.2. The summed E-state index contributed by atoms with van der Waals surface area (Å²) in [6, 6.07) is 16.6. The smallest absolute Gasteiger partial charge is 0.230 e. The van der Waals surface area contributed by atoms with Gasteiger partial charge in [-0.3, -0.25) is 9.20 Å². The first-order chi connectivity index (χ1) is 14.0. The monoisotopic (exact) mass is 424 g/mol. The summed E-state index contributed by atoms with van der Waals surface area (Å²) in [6.07, 6.45) is 1.07. The molecule has 0 radical (unpaired) electrons. The van der Waals surface area contributed by atoms with Crippen LogP contribution in [-0.4, -0.2) is 26.3 Å². The van der Waals surface area contributed by atoms with Crippen molar-refractivity contribution < 1.29 is 4.79 Å². The third-order valence-corrected chi connectivity index (χ3v) is 6.69. The van der Waals surface area contributed by atoms with Crippen molar-refractivity contribution in [2.24, 2.45) is 5.92 Å². The molecule has 1 N–H and O–H groups in total. The Labute approximate surface area is 178 Å². The van der Waals surface area contributed by atoms with Crippen LogP contribution >= 0.6 is 23.1 Å². The lowest BCUT2D eigenvalue weighted by molar-refractivity contribution is -0.119. The molecule has 4 aromatic rings. The van der Waals surface area contributed by atoms with Gasteiger partial charge in [0.25, 0.3) is 0 Å². The molecule has 2 aromatic heterocycles. The fraction of sp³-hybridized carbons (Fsp3) is 0.318. The normalized spacial score (nSPS) is 12.7. The standard InChI is InChI=1S/C22H24N4OS2/c1-14(2)12-16-8-10-17(11-9-16)15(3)23-20(27)13-28-21-24-25-22-26(21)18-6-4-5-7-19(18)29-22/h4-11,14-15H,12-13H2,1-3H3,(H,23,27). The molecule has 1 unspecified atom stereocenters. The van der Waals surface area contributed by atoms with E-state index in [0.29, 0.717) is 11.7 Å². The number of fused-ring (bicyclic) bond motifs is 3. The lowest BCUT2D eigenvalue weighted by atomic mass is 10.00. The van der Waals surface area contributed by atoms with Crippen LogP contribution in [0, 0.1) is 5.92 Å². The van der Waals surface area contributed by atoms with Crippen molar-refractivity contribution in [1.29, 1.82) is 0 Å². The number of aromatic nitrogens is 3. The molecule has 5 nitrogen and oxygen atoms in total. The first-order valence-corrected chi connectivity index (χ1v) is 11.5. The van der Waals surface area contributed by atoms with Crippen molar-refractivity contribution in [1.82, 2.24) is 19.9 Å². The first kappa shape index (κ1) is 19.9. The van der Waals surface area contributed by atoms with Gasteiger partial charge in [0.15, 0.2) is 5.16 Å². The van der Waals surface area contributed by atoms with E-state index in [0.717, 1.165) is 27.6 Å². The van der Waals surface area contributed by atoms with Crippen LogP contribution in [0.4, 0.5) is 0 Å². The van der Waals surface area contributed by atoms with Gasteiger partial charge in [0, 0.05) is 0 Å². The highest BCUT2D eigenvalue weighted by molar-refractivity contribution is 7.99. The van der Waals surface area contributed by atoms with Crippen molar-refractivity contribution in [2.45, 2.75) is 38.4 Å². The Bertz CT molecular complexity index is 1130. The summed E-state index contributed by atoms with van der Waals surface area (Å²) in [7, 11) is 0. The minimum absolute atomic E-state index is 0.00922. The maximum absolute atomic E-state index is 12.5. The van der Waals surface area contributed by atoms with Gasteiger partial charge in [0.2, 0.25) is 10.9 Å². The highest BCUT2D eigenvalue weighted by Gasteiger charge is 2.15. The zero-order valence-electron chi connectivity index (χ0n) is 16.8. The average Bonchev–Trinajstić information content (AvgIpc) is 3.25. The lowest BCUT2D eigenvalue weighted by Crippen LogP contribution is -2.28. The zero-order valence-corrected chi connectivity index (χ0v) is 18.4. The number of nitrogens with one attached hydrogen (secondary N) is 1. The molecule has 29 heavy (non-hydrogen) atoms. The quantitative estimate of drug-likeness (QED) is 0.419. The second-order valence-corrected chi connectivity index (χ2v) is 9.54. The predicted molar refractivity (Wildman–Crippen MR) is 121 cm³/mol. The number of carbonyl (C=O) groups is 1. The number of para-hydroxylation sites is 1. The molecular formula is C22H24N4OS2. The van der Waals surface area contributed by atoms with Crippen molar-refractivity contribution in [3.63, 3.8) is 0 Å². The summed E-state index contributed by atoms with van der Waals surface area (Å²) in [4.78, 5) is 13.3. The largest absolute Gasteiger partial charge is 0.349 e. The molecule has 0 aliphatic rings. The molecule has 0 aliphatic carbocycles. The fourth-order valence-corrected chi connectivity index (χ4v) is 5.14. The Hall–Kier alpha value is -2.38. The molecular weight excluding hydrogens is 400 g/mol. The molecule has 0 spiro atoms. The molecule has 150 valence electrons. The van der Waals surface area contributed by atoms with Gasteiger partial charge in [-0.2, -0.15) is 0 Å². The van der Waals surface area contributed by atoms with Crippen molar-refractivity contribution in [3.8, 4) is 0 Å². The average molecular weight is 425 g/mol. The zero-order chi connectivity index (χ0) is 20.4. The number of nitrogens with zero attached hydrogens (tertiary/aromatic N) is 3. The number of hydrogen-bond donors (Lipinski definition) is 1. The van der Waals surface area contributed by atoms with Crippen LogP contribution in [0.3, 0.4) is 0 Å². The summed E-state index contributed by atoms with van der Waals surface area (Å²) < 4.78 is 3.19. The van der Waals surface area contributed by atoms with Crippen molar-refractivity contribution in [2.75, 3.05) is 5.75 Å².